The van der Waals surface area contributed by atoms with Crippen molar-refractivity contribution in [3.63, 3.8) is 0 Å². The van der Waals surface area contributed by atoms with Crippen molar-refractivity contribution in [2.75, 3.05) is 6.54 Å². The number of rotatable bonds is 3. The van der Waals surface area contributed by atoms with E-state index in [0.717, 1.165) is 50.0 Å². The second kappa shape index (κ2) is 7.57. The van der Waals surface area contributed by atoms with Gasteiger partial charge in [0.2, 0.25) is 0 Å². The van der Waals surface area contributed by atoms with Gasteiger partial charge in [-0.05, 0) is 44.2 Å². The zero-order valence-electron chi connectivity index (χ0n) is 15.9. The van der Waals surface area contributed by atoms with Crippen LogP contribution in [0.15, 0.2) is 34.7 Å². The van der Waals surface area contributed by atoms with Gasteiger partial charge in [-0.15, -0.1) is 0 Å². The van der Waals surface area contributed by atoms with E-state index in [1.165, 1.54) is 6.07 Å². The first kappa shape index (κ1) is 19.5. The van der Waals surface area contributed by atoms with Gasteiger partial charge in [0.1, 0.15) is 5.75 Å². The third-order valence-electron chi connectivity index (χ3n) is 5.90. The highest BCUT2D eigenvalue weighted by Crippen LogP contribution is 2.52. The van der Waals surface area contributed by atoms with Crippen molar-refractivity contribution < 1.29 is 14.7 Å². The van der Waals surface area contributed by atoms with Gasteiger partial charge in [-0.3, -0.25) is 9.59 Å². The van der Waals surface area contributed by atoms with Crippen LogP contribution in [0.4, 0.5) is 0 Å². The average molecular weight is 420 g/mol. The predicted octanol–water partition coefficient (Wildman–Crippen LogP) is 5.52. The maximum atomic E-state index is 13.1. The molecule has 0 aromatic heterocycles. The van der Waals surface area contributed by atoms with Crippen molar-refractivity contribution in [3.05, 3.63) is 50.3 Å². The SMILES string of the molecule is CCCN1C2=C(C(=O)CCC2)C(c2cc(Cl)cc(Cl)c2O)C2=C1CCCC2=O. The Kier molecular flexibility index (Phi) is 5.28. The number of nitrogens with zero attached hydrogens (tertiary/aromatic N) is 1. The number of carbonyl (C=O) groups excluding carboxylic acids is 2. The van der Waals surface area contributed by atoms with Gasteiger partial charge in [0.15, 0.2) is 11.6 Å². The van der Waals surface area contributed by atoms with Crippen molar-refractivity contribution in [3.8, 4) is 5.75 Å². The van der Waals surface area contributed by atoms with Gasteiger partial charge in [0, 0.05) is 58.4 Å². The number of aromatic hydroxyl groups is 1. The van der Waals surface area contributed by atoms with Crippen LogP contribution in [0, 0.1) is 0 Å². The molecular weight excluding hydrogens is 397 g/mol. The first-order chi connectivity index (χ1) is 13.4. The molecule has 0 saturated carbocycles. The Morgan fingerprint density at radius 2 is 1.57 bits per heavy atom. The molecule has 0 spiro atoms. The van der Waals surface area contributed by atoms with Crippen LogP contribution in [0.2, 0.25) is 10.0 Å². The van der Waals surface area contributed by atoms with E-state index < -0.39 is 5.92 Å². The molecule has 0 radical (unpaired) electrons. The van der Waals surface area contributed by atoms with Crippen molar-refractivity contribution in [2.45, 2.75) is 57.8 Å². The zero-order valence-corrected chi connectivity index (χ0v) is 17.4. The van der Waals surface area contributed by atoms with Crippen molar-refractivity contribution in [1.29, 1.82) is 0 Å². The van der Waals surface area contributed by atoms with E-state index >= 15 is 0 Å². The Balaban J connectivity index is 2.01. The summed E-state index contributed by atoms with van der Waals surface area (Å²) in [4.78, 5) is 28.3. The summed E-state index contributed by atoms with van der Waals surface area (Å²) in [5.74, 6) is -0.592. The molecule has 0 atom stereocenters. The van der Waals surface area contributed by atoms with E-state index in [4.69, 9.17) is 23.2 Å². The summed E-state index contributed by atoms with van der Waals surface area (Å²) in [6, 6.07) is 3.12. The quantitative estimate of drug-likeness (QED) is 0.700. The van der Waals surface area contributed by atoms with Crippen molar-refractivity contribution in [1.82, 2.24) is 4.90 Å². The molecule has 1 heterocycles. The second-order valence-corrected chi connectivity index (χ2v) is 8.53. The third-order valence-corrected chi connectivity index (χ3v) is 6.41. The average Bonchev–Trinajstić information content (AvgIpc) is 2.66. The Morgan fingerprint density at radius 3 is 2.11 bits per heavy atom. The van der Waals surface area contributed by atoms with E-state index in [-0.39, 0.29) is 22.3 Å². The Morgan fingerprint density at radius 1 is 1.00 bits per heavy atom. The molecular formula is C22H23Cl2NO3. The van der Waals surface area contributed by atoms with Gasteiger partial charge < -0.3 is 10.0 Å². The molecule has 0 unspecified atom stereocenters. The van der Waals surface area contributed by atoms with E-state index in [1.807, 2.05) is 0 Å². The number of Topliss-reactive ketones (excluding diaryl/α,β-unsaturated/α-hetero) is 2. The predicted molar refractivity (Wildman–Crippen MR) is 110 cm³/mol. The monoisotopic (exact) mass is 419 g/mol. The summed E-state index contributed by atoms with van der Waals surface area (Å²) in [5, 5.41) is 11.2. The summed E-state index contributed by atoms with van der Waals surface area (Å²) in [6.07, 6.45) is 5.07. The van der Waals surface area contributed by atoms with Gasteiger partial charge in [0.25, 0.3) is 0 Å². The van der Waals surface area contributed by atoms with Crippen LogP contribution in [0.5, 0.6) is 5.75 Å². The van der Waals surface area contributed by atoms with Gasteiger partial charge in [-0.2, -0.15) is 0 Å². The number of carbonyl (C=O) groups is 2. The fraction of sp³-hybridized carbons (Fsp3) is 0.455. The number of halogens is 2. The lowest BCUT2D eigenvalue weighted by atomic mass is 9.70. The zero-order chi connectivity index (χ0) is 20.0. The molecule has 28 heavy (non-hydrogen) atoms. The maximum absolute atomic E-state index is 13.1. The van der Waals surface area contributed by atoms with Crippen molar-refractivity contribution in [2.24, 2.45) is 0 Å². The molecule has 3 aliphatic rings. The minimum Gasteiger partial charge on any atom is -0.506 e. The minimum atomic E-state index is -0.588. The highest BCUT2D eigenvalue weighted by atomic mass is 35.5. The summed E-state index contributed by atoms with van der Waals surface area (Å²) in [5.41, 5.74) is 3.75. The van der Waals surface area contributed by atoms with Gasteiger partial charge >= 0.3 is 0 Å². The molecule has 1 aromatic carbocycles. The Hall–Kier alpha value is -1.78. The molecule has 1 aliphatic heterocycles. The van der Waals surface area contributed by atoms with Crippen LogP contribution in [0.3, 0.4) is 0 Å². The first-order valence-electron chi connectivity index (χ1n) is 9.92. The molecule has 0 bridgehead atoms. The lowest BCUT2D eigenvalue weighted by molar-refractivity contribution is -0.117. The fourth-order valence-electron chi connectivity index (χ4n) is 4.83. The van der Waals surface area contributed by atoms with Crippen LogP contribution >= 0.6 is 23.2 Å². The van der Waals surface area contributed by atoms with E-state index in [1.54, 1.807) is 6.07 Å². The number of hydrogen-bond acceptors (Lipinski definition) is 4. The molecule has 4 rings (SSSR count). The Labute approximate surface area is 174 Å². The molecule has 148 valence electrons. The fourth-order valence-corrected chi connectivity index (χ4v) is 5.34. The highest BCUT2D eigenvalue weighted by Gasteiger charge is 2.44. The van der Waals surface area contributed by atoms with Crippen LogP contribution in [-0.2, 0) is 9.59 Å². The number of benzene rings is 1. The lowest BCUT2D eigenvalue weighted by Gasteiger charge is -2.44. The molecule has 0 saturated heterocycles. The van der Waals surface area contributed by atoms with E-state index in [9.17, 15) is 14.7 Å². The summed E-state index contributed by atoms with van der Waals surface area (Å²) < 4.78 is 0. The maximum Gasteiger partial charge on any atom is 0.161 e. The topological polar surface area (TPSA) is 57.6 Å². The van der Waals surface area contributed by atoms with Crippen LogP contribution in [0.25, 0.3) is 0 Å². The normalized spacial score (nSPS) is 20.6. The molecule has 1 N–H and O–H groups in total. The summed E-state index contributed by atoms with van der Waals surface area (Å²) in [6.45, 7) is 2.89. The molecule has 1 aromatic rings. The van der Waals surface area contributed by atoms with Crippen molar-refractivity contribution >= 4 is 34.8 Å². The molecule has 0 amide bonds. The van der Waals surface area contributed by atoms with Gasteiger partial charge in [0.05, 0.1) is 5.02 Å². The van der Waals surface area contributed by atoms with Crippen LogP contribution in [-0.4, -0.2) is 28.1 Å². The Bertz CT molecular complexity index is 888. The minimum absolute atomic E-state index is 0.0489. The third kappa shape index (κ3) is 3.07. The standard InChI is InChI=1S/C22H23Cl2NO3/c1-2-9-25-15-5-3-7-17(26)20(15)19(21-16(25)6-4-8-18(21)27)13-10-12(23)11-14(24)22(13)28/h10-11,19,28H,2-9H2,1H3. The number of allylic oxidation sites excluding steroid dienone is 4. The number of phenolic OH excluding ortho intramolecular Hbond substituents is 1. The highest BCUT2D eigenvalue weighted by molar-refractivity contribution is 6.35. The first-order valence-corrected chi connectivity index (χ1v) is 10.7. The van der Waals surface area contributed by atoms with E-state index in [2.05, 4.69) is 11.8 Å². The lowest BCUT2D eigenvalue weighted by Crippen LogP contribution is -2.39. The number of hydrogen-bond donors (Lipinski definition) is 1. The van der Waals surface area contributed by atoms with E-state index in [0.29, 0.717) is 34.6 Å². The smallest absolute Gasteiger partial charge is 0.161 e. The summed E-state index contributed by atoms with van der Waals surface area (Å²) in [7, 11) is 0. The molecule has 0 fully saturated rings. The van der Waals surface area contributed by atoms with Gasteiger partial charge in [-0.25, -0.2) is 0 Å². The van der Waals surface area contributed by atoms with Gasteiger partial charge in [-0.1, -0.05) is 30.1 Å². The largest absolute Gasteiger partial charge is 0.506 e. The summed E-state index contributed by atoms with van der Waals surface area (Å²) >= 11 is 12.4. The molecule has 4 nitrogen and oxygen atoms in total. The number of ketones is 2. The molecule has 2 aliphatic carbocycles. The van der Waals surface area contributed by atoms with Crippen LogP contribution < -0.4 is 0 Å². The second-order valence-electron chi connectivity index (χ2n) is 7.68. The van der Waals surface area contributed by atoms with Crippen LogP contribution in [0.1, 0.15) is 63.4 Å². The number of phenols is 1. The molecule has 6 heteroatoms.